The summed E-state index contributed by atoms with van der Waals surface area (Å²) in [4.78, 5) is 4.56. The number of hydrogen-bond donors (Lipinski definition) is 0. The lowest BCUT2D eigenvalue weighted by Crippen LogP contribution is -2.33. The first-order valence-corrected chi connectivity index (χ1v) is 7.41. The lowest BCUT2D eigenvalue weighted by molar-refractivity contribution is 0.220. The van der Waals surface area contributed by atoms with Gasteiger partial charge in [-0.15, -0.1) is 11.6 Å². The van der Waals surface area contributed by atoms with Crippen molar-refractivity contribution in [2.45, 2.75) is 50.4 Å². The van der Waals surface area contributed by atoms with Crippen LogP contribution in [0, 0.1) is 5.82 Å². The van der Waals surface area contributed by atoms with E-state index in [0.717, 1.165) is 29.7 Å². The molecule has 0 spiro atoms. The molecule has 1 aromatic carbocycles. The van der Waals surface area contributed by atoms with Crippen molar-refractivity contribution in [3.05, 3.63) is 29.8 Å². The summed E-state index contributed by atoms with van der Waals surface area (Å²) in [5, 5.41) is 0. The Bertz CT molecular complexity index is 599. The fourth-order valence-electron chi connectivity index (χ4n) is 3.33. The minimum absolute atomic E-state index is 0.0189. The normalized spacial score (nSPS) is 18.9. The molecule has 102 valence electrons. The SMILES string of the molecule is CC1(n2c(CCl)nc3ccc(F)cc32)CCCCC1. The summed E-state index contributed by atoms with van der Waals surface area (Å²) >= 11 is 6.05. The second-order valence-electron chi connectivity index (χ2n) is 5.69. The van der Waals surface area contributed by atoms with Crippen LogP contribution >= 0.6 is 11.6 Å². The summed E-state index contributed by atoms with van der Waals surface area (Å²) in [6.45, 7) is 2.24. The molecule has 1 aliphatic carbocycles. The minimum Gasteiger partial charge on any atom is -0.321 e. The molecule has 0 amide bonds. The minimum atomic E-state index is -0.214. The Hall–Kier alpha value is -1.09. The third kappa shape index (κ3) is 2.14. The highest BCUT2D eigenvalue weighted by Gasteiger charge is 2.32. The average molecular weight is 281 g/mol. The first kappa shape index (κ1) is 12.9. The van der Waals surface area contributed by atoms with Crippen molar-refractivity contribution < 1.29 is 4.39 Å². The van der Waals surface area contributed by atoms with Gasteiger partial charge in [0.05, 0.1) is 16.9 Å². The van der Waals surface area contributed by atoms with E-state index in [9.17, 15) is 4.39 Å². The molecule has 1 aromatic heterocycles. The zero-order valence-corrected chi connectivity index (χ0v) is 11.9. The third-order valence-electron chi connectivity index (χ3n) is 4.28. The van der Waals surface area contributed by atoms with Crippen molar-refractivity contribution >= 4 is 22.6 Å². The molecule has 1 fully saturated rings. The maximum atomic E-state index is 13.5. The molecule has 0 saturated heterocycles. The zero-order valence-electron chi connectivity index (χ0n) is 11.1. The van der Waals surface area contributed by atoms with Crippen molar-refractivity contribution in [1.29, 1.82) is 0 Å². The van der Waals surface area contributed by atoms with E-state index < -0.39 is 0 Å². The van der Waals surface area contributed by atoms with Gasteiger partial charge in [-0.05, 0) is 38.0 Å². The van der Waals surface area contributed by atoms with Crippen LogP contribution in [0.4, 0.5) is 4.39 Å². The molecule has 3 rings (SSSR count). The van der Waals surface area contributed by atoms with E-state index in [2.05, 4.69) is 16.5 Å². The van der Waals surface area contributed by atoms with E-state index in [1.807, 2.05) is 0 Å². The van der Waals surface area contributed by atoms with Gasteiger partial charge in [-0.25, -0.2) is 9.37 Å². The number of benzene rings is 1. The lowest BCUT2D eigenvalue weighted by Gasteiger charge is -2.36. The molecule has 0 N–H and O–H groups in total. The quantitative estimate of drug-likeness (QED) is 0.736. The van der Waals surface area contributed by atoms with Crippen LogP contribution in [0.15, 0.2) is 18.2 Å². The van der Waals surface area contributed by atoms with Crippen LogP contribution in [0.3, 0.4) is 0 Å². The summed E-state index contributed by atoms with van der Waals surface area (Å²) in [5.41, 5.74) is 1.73. The van der Waals surface area contributed by atoms with Gasteiger partial charge < -0.3 is 4.57 Å². The molecular formula is C15H18ClFN2. The number of rotatable bonds is 2. The number of alkyl halides is 1. The largest absolute Gasteiger partial charge is 0.321 e. The highest BCUT2D eigenvalue weighted by Crippen LogP contribution is 2.38. The van der Waals surface area contributed by atoms with E-state index in [-0.39, 0.29) is 11.4 Å². The third-order valence-corrected chi connectivity index (χ3v) is 4.52. The zero-order chi connectivity index (χ0) is 13.5. The number of imidazole rings is 1. The smallest absolute Gasteiger partial charge is 0.125 e. The molecule has 0 unspecified atom stereocenters. The highest BCUT2D eigenvalue weighted by molar-refractivity contribution is 6.16. The number of fused-ring (bicyclic) bond motifs is 1. The summed E-state index contributed by atoms with van der Waals surface area (Å²) in [7, 11) is 0. The van der Waals surface area contributed by atoms with Gasteiger partial charge in [0.2, 0.25) is 0 Å². The van der Waals surface area contributed by atoms with E-state index in [4.69, 9.17) is 11.6 Å². The van der Waals surface area contributed by atoms with Gasteiger partial charge in [-0.3, -0.25) is 0 Å². The number of halogens is 2. The molecule has 1 aliphatic rings. The van der Waals surface area contributed by atoms with Crippen molar-refractivity contribution in [2.24, 2.45) is 0 Å². The fraction of sp³-hybridized carbons (Fsp3) is 0.533. The lowest BCUT2D eigenvalue weighted by atomic mass is 9.83. The molecular weight excluding hydrogens is 263 g/mol. The van der Waals surface area contributed by atoms with Gasteiger partial charge in [0.25, 0.3) is 0 Å². The topological polar surface area (TPSA) is 17.8 Å². The van der Waals surface area contributed by atoms with Crippen molar-refractivity contribution in [1.82, 2.24) is 9.55 Å². The Morgan fingerprint density at radius 3 is 2.74 bits per heavy atom. The second-order valence-corrected chi connectivity index (χ2v) is 5.95. The molecule has 0 radical (unpaired) electrons. The van der Waals surface area contributed by atoms with Crippen LogP contribution in [0.2, 0.25) is 0 Å². The Morgan fingerprint density at radius 2 is 2.05 bits per heavy atom. The van der Waals surface area contributed by atoms with E-state index in [1.54, 1.807) is 12.1 Å². The van der Waals surface area contributed by atoms with Gasteiger partial charge in [0.15, 0.2) is 0 Å². The van der Waals surface area contributed by atoms with Crippen LogP contribution in [0.5, 0.6) is 0 Å². The average Bonchev–Trinajstić information content (AvgIpc) is 2.78. The van der Waals surface area contributed by atoms with Gasteiger partial charge in [0.1, 0.15) is 11.6 Å². The Balaban J connectivity index is 2.22. The number of hydrogen-bond acceptors (Lipinski definition) is 1. The predicted molar refractivity (Wildman–Crippen MR) is 76.0 cm³/mol. The molecule has 1 heterocycles. The second kappa shape index (κ2) is 4.78. The van der Waals surface area contributed by atoms with Gasteiger partial charge in [0, 0.05) is 5.54 Å². The van der Waals surface area contributed by atoms with Crippen LogP contribution in [0.1, 0.15) is 44.9 Å². The summed E-state index contributed by atoms with van der Waals surface area (Å²) in [6, 6.07) is 4.78. The monoisotopic (exact) mass is 280 g/mol. The molecule has 0 atom stereocenters. The van der Waals surface area contributed by atoms with E-state index >= 15 is 0 Å². The van der Waals surface area contributed by atoms with Crippen molar-refractivity contribution in [3.63, 3.8) is 0 Å². The highest BCUT2D eigenvalue weighted by atomic mass is 35.5. The molecule has 1 saturated carbocycles. The summed E-state index contributed by atoms with van der Waals surface area (Å²) < 4.78 is 15.7. The fourth-order valence-corrected chi connectivity index (χ4v) is 3.51. The van der Waals surface area contributed by atoms with Crippen LogP contribution in [-0.4, -0.2) is 9.55 Å². The van der Waals surface area contributed by atoms with Crippen LogP contribution in [0.25, 0.3) is 11.0 Å². The molecule has 0 bridgehead atoms. The predicted octanol–water partition coefficient (Wildman–Crippen LogP) is 4.59. The summed E-state index contributed by atoms with van der Waals surface area (Å²) in [6.07, 6.45) is 5.94. The van der Waals surface area contributed by atoms with E-state index in [1.165, 1.54) is 25.3 Å². The maximum Gasteiger partial charge on any atom is 0.125 e. The Labute approximate surface area is 117 Å². The van der Waals surface area contributed by atoms with Crippen LogP contribution < -0.4 is 0 Å². The summed E-state index contributed by atoms with van der Waals surface area (Å²) in [5.74, 6) is 1.01. The van der Waals surface area contributed by atoms with Gasteiger partial charge in [-0.2, -0.15) is 0 Å². The maximum absolute atomic E-state index is 13.5. The first-order chi connectivity index (χ1) is 9.14. The molecule has 4 heteroatoms. The molecule has 2 nitrogen and oxygen atoms in total. The molecule has 19 heavy (non-hydrogen) atoms. The Morgan fingerprint density at radius 1 is 1.32 bits per heavy atom. The van der Waals surface area contributed by atoms with Crippen LogP contribution in [-0.2, 0) is 11.4 Å². The van der Waals surface area contributed by atoms with Gasteiger partial charge >= 0.3 is 0 Å². The number of aromatic nitrogens is 2. The van der Waals surface area contributed by atoms with E-state index in [0.29, 0.717) is 5.88 Å². The Kier molecular flexibility index (Phi) is 3.25. The standard InChI is InChI=1S/C15H18ClFN2/c1-15(7-3-2-4-8-15)19-13-9-11(17)5-6-12(13)18-14(19)10-16/h5-6,9H,2-4,7-8,10H2,1H3. The number of nitrogens with zero attached hydrogens (tertiary/aromatic N) is 2. The molecule has 0 aliphatic heterocycles. The van der Waals surface area contributed by atoms with Crippen molar-refractivity contribution in [3.8, 4) is 0 Å². The first-order valence-electron chi connectivity index (χ1n) is 6.87. The van der Waals surface area contributed by atoms with Gasteiger partial charge in [-0.1, -0.05) is 19.3 Å². The molecule has 2 aromatic rings. The van der Waals surface area contributed by atoms with Crippen molar-refractivity contribution in [2.75, 3.05) is 0 Å².